The molecule has 1 aromatic heterocycles. The summed E-state index contributed by atoms with van der Waals surface area (Å²) in [5.74, 6) is -0.898. The highest BCUT2D eigenvalue weighted by Crippen LogP contribution is 2.13. The standard InChI is InChI=1S/C10H13NO2.C2H6/c1-4-8-5-6(2)9(10(12)13)7(3)11-8;1-2/h5H,4H2,1-3H3,(H,12,13);1-2H3. The number of hydrogen-bond donors (Lipinski definition) is 1. The minimum atomic E-state index is -0.898. The van der Waals surface area contributed by atoms with E-state index in [1.165, 1.54) is 0 Å². The Bertz CT molecular complexity index is 322. The molecule has 3 nitrogen and oxygen atoms in total. The van der Waals surface area contributed by atoms with Gasteiger partial charge in [-0.15, -0.1) is 0 Å². The summed E-state index contributed by atoms with van der Waals surface area (Å²) in [5.41, 5.74) is 2.67. The Hall–Kier alpha value is -1.38. The number of aromatic nitrogens is 1. The molecule has 15 heavy (non-hydrogen) atoms. The van der Waals surface area contributed by atoms with Crippen LogP contribution in [0.2, 0.25) is 0 Å². The molecule has 0 amide bonds. The first-order valence-electron chi connectivity index (χ1n) is 5.26. The number of hydrogen-bond acceptors (Lipinski definition) is 2. The molecule has 0 bridgehead atoms. The topological polar surface area (TPSA) is 50.2 Å². The van der Waals surface area contributed by atoms with Gasteiger partial charge in [0.25, 0.3) is 0 Å². The summed E-state index contributed by atoms with van der Waals surface area (Å²) in [6.07, 6.45) is 0.835. The maximum absolute atomic E-state index is 10.8. The van der Waals surface area contributed by atoms with E-state index < -0.39 is 5.97 Å². The number of rotatable bonds is 2. The predicted molar refractivity (Wildman–Crippen MR) is 61.4 cm³/mol. The number of carboxylic acids is 1. The van der Waals surface area contributed by atoms with Gasteiger partial charge in [0.15, 0.2) is 0 Å². The molecule has 1 N–H and O–H groups in total. The number of carbonyl (C=O) groups is 1. The van der Waals surface area contributed by atoms with Crippen molar-refractivity contribution < 1.29 is 9.90 Å². The van der Waals surface area contributed by atoms with Crippen molar-refractivity contribution in [2.75, 3.05) is 0 Å². The second-order valence-corrected chi connectivity index (χ2v) is 3.05. The largest absolute Gasteiger partial charge is 0.478 e. The Kier molecular flexibility index (Phi) is 5.60. The molecule has 1 rings (SSSR count). The van der Waals surface area contributed by atoms with E-state index >= 15 is 0 Å². The number of carboxylic acid groups (broad SMARTS) is 1. The van der Waals surface area contributed by atoms with E-state index in [-0.39, 0.29) is 0 Å². The number of aryl methyl sites for hydroxylation is 3. The van der Waals surface area contributed by atoms with Gasteiger partial charge in [0.2, 0.25) is 0 Å². The van der Waals surface area contributed by atoms with Crippen LogP contribution in [-0.2, 0) is 6.42 Å². The number of pyridine rings is 1. The van der Waals surface area contributed by atoms with Crippen LogP contribution in [-0.4, -0.2) is 16.1 Å². The van der Waals surface area contributed by atoms with E-state index in [1.54, 1.807) is 13.8 Å². The van der Waals surface area contributed by atoms with Crippen molar-refractivity contribution in [3.8, 4) is 0 Å². The highest BCUT2D eigenvalue weighted by Gasteiger charge is 2.12. The van der Waals surface area contributed by atoms with Crippen LogP contribution in [0.15, 0.2) is 6.07 Å². The third kappa shape index (κ3) is 3.35. The normalized spacial score (nSPS) is 9.13. The van der Waals surface area contributed by atoms with Gasteiger partial charge in [-0.05, 0) is 31.9 Å². The maximum Gasteiger partial charge on any atom is 0.337 e. The number of aromatic carboxylic acids is 1. The van der Waals surface area contributed by atoms with Crippen LogP contribution >= 0.6 is 0 Å². The van der Waals surface area contributed by atoms with Gasteiger partial charge in [0.05, 0.1) is 11.3 Å². The van der Waals surface area contributed by atoms with Gasteiger partial charge in [-0.3, -0.25) is 4.98 Å². The maximum atomic E-state index is 10.8. The fourth-order valence-corrected chi connectivity index (χ4v) is 1.42. The van der Waals surface area contributed by atoms with Crippen molar-refractivity contribution >= 4 is 5.97 Å². The van der Waals surface area contributed by atoms with Crippen LogP contribution in [0.5, 0.6) is 0 Å². The van der Waals surface area contributed by atoms with Crippen LogP contribution < -0.4 is 0 Å². The number of nitrogens with zero attached hydrogens (tertiary/aromatic N) is 1. The molecule has 0 unspecified atom stereocenters. The lowest BCUT2D eigenvalue weighted by Crippen LogP contribution is -2.06. The second kappa shape index (κ2) is 6.17. The van der Waals surface area contributed by atoms with Gasteiger partial charge < -0.3 is 5.11 Å². The van der Waals surface area contributed by atoms with Crippen molar-refractivity contribution in [1.29, 1.82) is 0 Å². The quantitative estimate of drug-likeness (QED) is 0.814. The van der Waals surface area contributed by atoms with Gasteiger partial charge in [-0.2, -0.15) is 0 Å². The molecule has 0 aliphatic heterocycles. The van der Waals surface area contributed by atoms with Gasteiger partial charge in [0.1, 0.15) is 0 Å². The summed E-state index contributed by atoms with van der Waals surface area (Å²) in [5, 5.41) is 8.87. The first-order chi connectivity index (χ1) is 7.06. The smallest absolute Gasteiger partial charge is 0.337 e. The Morgan fingerprint density at radius 1 is 1.40 bits per heavy atom. The molecule has 0 aromatic carbocycles. The van der Waals surface area contributed by atoms with E-state index in [0.717, 1.165) is 17.7 Å². The minimum Gasteiger partial charge on any atom is -0.478 e. The fourth-order valence-electron chi connectivity index (χ4n) is 1.42. The third-order valence-corrected chi connectivity index (χ3v) is 2.03. The average Bonchev–Trinajstić information content (AvgIpc) is 2.19. The van der Waals surface area contributed by atoms with Gasteiger partial charge in [0, 0.05) is 5.69 Å². The zero-order valence-electron chi connectivity index (χ0n) is 10.1. The summed E-state index contributed by atoms with van der Waals surface area (Å²) in [6.45, 7) is 9.54. The molecule has 0 saturated carbocycles. The molecule has 3 heteroatoms. The lowest BCUT2D eigenvalue weighted by atomic mass is 10.1. The summed E-state index contributed by atoms with van der Waals surface area (Å²) in [4.78, 5) is 15.0. The third-order valence-electron chi connectivity index (χ3n) is 2.03. The molecule has 0 atom stereocenters. The average molecular weight is 209 g/mol. The lowest BCUT2D eigenvalue weighted by molar-refractivity contribution is 0.0695. The Morgan fingerprint density at radius 2 is 1.93 bits per heavy atom. The fraction of sp³-hybridized carbons (Fsp3) is 0.500. The van der Waals surface area contributed by atoms with Crippen LogP contribution in [0.1, 0.15) is 48.1 Å². The van der Waals surface area contributed by atoms with E-state index in [0.29, 0.717) is 11.3 Å². The van der Waals surface area contributed by atoms with Crippen LogP contribution in [0.3, 0.4) is 0 Å². The van der Waals surface area contributed by atoms with Crippen molar-refractivity contribution in [2.24, 2.45) is 0 Å². The Labute approximate surface area is 91.2 Å². The molecule has 0 aliphatic carbocycles. The van der Waals surface area contributed by atoms with Crippen molar-refractivity contribution in [1.82, 2.24) is 4.98 Å². The summed E-state index contributed by atoms with van der Waals surface area (Å²) >= 11 is 0. The van der Waals surface area contributed by atoms with E-state index in [2.05, 4.69) is 4.98 Å². The zero-order chi connectivity index (χ0) is 12.0. The van der Waals surface area contributed by atoms with E-state index in [4.69, 9.17) is 5.11 Å². The highest BCUT2D eigenvalue weighted by molar-refractivity contribution is 5.90. The second-order valence-electron chi connectivity index (χ2n) is 3.05. The van der Waals surface area contributed by atoms with Gasteiger partial charge in [-0.25, -0.2) is 4.79 Å². The Balaban J connectivity index is 0.000000921. The van der Waals surface area contributed by atoms with Crippen molar-refractivity contribution in [3.63, 3.8) is 0 Å². The first-order valence-corrected chi connectivity index (χ1v) is 5.26. The van der Waals surface area contributed by atoms with Crippen molar-refractivity contribution in [2.45, 2.75) is 41.0 Å². The summed E-state index contributed by atoms with van der Waals surface area (Å²) < 4.78 is 0. The summed E-state index contributed by atoms with van der Waals surface area (Å²) in [7, 11) is 0. The predicted octanol–water partition coefficient (Wildman–Crippen LogP) is 2.99. The van der Waals surface area contributed by atoms with Crippen LogP contribution in [0.4, 0.5) is 0 Å². The lowest BCUT2D eigenvalue weighted by Gasteiger charge is -2.06. The van der Waals surface area contributed by atoms with Gasteiger partial charge in [-0.1, -0.05) is 20.8 Å². The zero-order valence-corrected chi connectivity index (χ0v) is 10.1. The van der Waals surface area contributed by atoms with Crippen LogP contribution in [0, 0.1) is 13.8 Å². The monoisotopic (exact) mass is 209 g/mol. The van der Waals surface area contributed by atoms with E-state index in [1.807, 2.05) is 26.8 Å². The van der Waals surface area contributed by atoms with E-state index in [9.17, 15) is 4.79 Å². The molecule has 1 aromatic rings. The first kappa shape index (κ1) is 13.6. The molecule has 84 valence electrons. The SMILES string of the molecule is CC.CCc1cc(C)c(C(=O)O)c(C)n1. The molecule has 0 fully saturated rings. The molecule has 0 aliphatic rings. The molecule has 1 heterocycles. The summed E-state index contributed by atoms with van der Waals surface area (Å²) in [6, 6.07) is 1.83. The Morgan fingerprint density at radius 3 is 2.27 bits per heavy atom. The molecule has 0 radical (unpaired) electrons. The highest BCUT2D eigenvalue weighted by atomic mass is 16.4. The van der Waals surface area contributed by atoms with Crippen LogP contribution in [0.25, 0.3) is 0 Å². The molecular formula is C12H19NO2. The minimum absolute atomic E-state index is 0.331. The van der Waals surface area contributed by atoms with Gasteiger partial charge >= 0.3 is 5.97 Å². The molecule has 0 spiro atoms. The molecular weight excluding hydrogens is 190 g/mol. The molecule has 0 saturated heterocycles. The van der Waals surface area contributed by atoms with Crippen molar-refractivity contribution in [3.05, 3.63) is 28.6 Å².